The number of imidazole rings is 1. The molecule has 0 bridgehead atoms. The maximum Gasteiger partial charge on any atom is 0.321 e. The molecule has 1 aliphatic heterocycles. The smallest absolute Gasteiger partial charge is 0.321 e. The minimum absolute atomic E-state index is 0.134. The summed E-state index contributed by atoms with van der Waals surface area (Å²) in [5, 5.41) is 5.96. The molecule has 1 fully saturated rings. The van der Waals surface area contributed by atoms with Gasteiger partial charge in [-0.1, -0.05) is 0 Å². The number of amides is 3. The standard InChI is InChI=1S/C25H29N5O4/c1-17-14-30(16-26-17)22-11-6-18(13-23(22)34-3)24(31)27-20-5-4-12-29(15-20)25(32)28-19-7-9-21(33-2)10-8-19/h6-11,13-14,16,20H,4-5,12,15H2,1-3H3,(H,27,31)(H,28,32). The van der Waals surface area contributed by atoms with Crippen molar-refractivity contribution in [2.45, 2.75) is 25.8 Å². The normalized spacial score (nSPS) is 15.5. The Morgan fingerprint density at radius 1 is 1.09 bits per heavy atom. The van der Waals surface area contributed by atoms with Gasteiger partial charge in [-0.15, -0.1) is 0 Å². The maximum atomic E-state index is 12.9. The number of anilines is 1. The molecule has 3 aromatic rings. The number of benzene rings is 2. The molecule has 0 spiro atoms. The summed E-state index contributed by atoms with van der Waals surface area (Å²) in [6, 6.07) is 12.2. The number of rotatable bonds is 6. The summed E-state index contributed by atoms with van der Waals surface area (Å²) >= 11 is 0. The quantitative estimate of drug-likeness (QED) is 0.582. The largest absolute Gasteiger partial charge is 0.497 e. The number of carbonyl (C=O) groups excluding carboxylic acids is 2. The van der Waals surface area contributed by atoms with Crippen molar-refractivity contribution in [3.05, 3.63) is 66.2 Å². The van der Waals surface area contributed by atoms with Crippen LogP contribution in [0.2, 0.25) is 0 Å². The molecule has 1 unspecified atom stereocenters. The molecule has 0 aliphatic carbocycles. The highest BCUT2D eigenvalue weighted by molar-refractivity contribution is 5.95. The fourth-order valence-electron chi connectivity index (χ4n) is 4.01. The van der Waals surface area contributed by atoms with Crippen LogP contribution in [0.1, 0.15) is 28.9 Å². The van der Waals surface area contributed by atoms with E-state index in [0.29, 0.717) is 30.1 Å². The Hall–Kier alpha value is -4.01. The predicted molar refractivity (Wildman–Crippen MR) is 129 cm³/mol. The van der Waals surface area contributed by atoms with Gasteiger partial charge in [-0.05, 0) is 62.2 Å². The maximum absolute atomic E-state index is 12.9. The molecule has 1 atom stereocenters. The molecule has 3 amide bonds. The predicted octanol–water partition coefficient (Wildman–Crippen LogP) is 3.62. The summed E-state index contributed by atoms with van der Waals surface area (Å²) in [6.45, 7) is 2.99. The summed E-state index contributed by atoms with van der Waals surface area (Å²) < 4.78 is 12.5. The van der Waals surface area contributed by atoms with E-state index in [9.17, 15) is 9.59 Å². The highest BCUT2D eigenvalue weighted by atomic mass is 16.5. The number of aryl methyl sites for hydroxylation is 1. The Morgan fingerprint density at radius 2 is 1.88 bits per heavy atom. The Morgan fingerprint density at radius 3 is 2.56 bits per heavy atom. The van der Waals surface area contributed by atoms with Crippen LogP contribution < -0.4 is 20.1 Å². The van der Waals surface area contributed by atoms with E-state index in [1.54, 1.807) is 61.8 Å². The summed E-state index contributed by atoms with van der Waals surface area (Å²) in [5.74, 6) is 1.10. The third kappa shape index (κ3) is 5.31. The Bertz CT molecular complexity index is 1160. The lowest BCUT2D eigenvalue weighted by molar-refractivity contribution is 0.0912. The van der Waals surface area contributed by atoms with E-state index in [1.165, 1.54) is 0 Å². The first kappa shape index (κ1) is 23.2. The van der Waals surface area contributed by atoms with Gasteiger partial charge in [0.05, 0.1) is 31.9 Å². The van der Waals surface area contributed by atoms with Crippen molar-refractivity contribution in [3.63, 3.8) is 0 Å². The van der Waals surface area contributed by atoms with Crippen molar-refractivity contribution in [2.75, 3.05) is 32.6 Å². The number of methoxy groups -OCH3 is 2. The average molecular weight is 464 g/mol. The van der Waals surface area contributed by atoms with Gasteiger partial charge in [-0.3, -0.25) is 4.79 Å². The van der Waals surface area contributed by atoms with Crippen LogP contribution in [-0.2, 0) is 0 Å². The van der Waals surface area contributed by atoms with E-state index in [2.05, 4.69) is 15.6 Å². The van der Waals surface area contributed by atoms with Crippen LogP contribution >= 0.6 is 0 Å². The number of hydrogen-bond acceptors (Lipinski definition) is 5. The fourth-order valence-corrected chi connectivity index (χ4v) is 4.01. The van der Waals surface area contributed by atoms with Gasteiger partial charge in [0.1, 0.15) is 11.5 Å². The Kier molecular flexibility index (Phi) is 7.01. The van der Waals surface area contributed by atoms with Gasteiger partial charge in [-0.2, -0.15) is 0 Å². The highest BCUT2D eigenvalue weighted by Crippen LogP contribution is 2.25. The minimum atomic E-state index is -0.200. The number of carbonyl (C=O) groups is 2. The van der Waals surface area contributed by atoms with E-state index in [1.807, 2.05) is 23.8 Å². The Labute approximate surface area is 198 Å². The summed E-state index contributed by atoms with van der Waals surface area (Å²) in [4.78, 5) is 31.6. The lowest BCUT2D eigenvalue weighted by Crippen LogP contribution is -2.50. The fraction of sp³-hybridized carbons (Fsp3) is 0.320. The number of piperidine rings is 1. The molecule has 2 N–H and O–H groups in total. The molecule has 2 aromatic carbocycles. The second-order valence-electron chi connectivity index (χ2n) is 8.23. The number of likely N-dealkylation sites (tertiary alicyclic amines) is 1. The summed E-state index contributed by atoms with van der Waals surface area (Å²) in [7, 11) is 3.17. The first-order valence-corrected chi connectivity index (χ1v) is 11.2. The van der Waals surface area contributed by atoms with E-state index in [4.69, 9.17) is 9.47 Å². The molecule has 1 saturated heterocycles. The molecule has 2 heterocycles. The van der Waals surface area contributed by atoms with Gasteiger partial charge in [0, 0.05) is 36.6 Å². The van der Waals surface area contributed by atoms with Gasteiger partial charge >= 0.3 is 6.03 Å². The van der Waals surface area contributed by atoms with Gasteiger partial charge in [0.15, 0.2) is 0 Å². The van der Waals surface area contributed by atoms with Crippen molar-refractivity contribution in [1.82, 2.24) is 19.8 Å². The highest BCUT2D eigenvalue weighted by Gasteiger charge is 2.25. The number of hydrogen-bond donors (Lipinski definition) is 2. The minimum Gasteiger partial charge on any atom is -0.497 e. The lowest BCUT2D eigenvalue weighted by atomic mass is 10.0. The molecular formula is C25H29N5O4. The van der Waals surface area contributed by atoms with Gasteiger partial charge in [0.25, 0.3) is 5.91 Å². The molecular weight excluding hydrogens is 434 g/mol. The zero-order chi connectivity index (χ0) is 24.1. The van der Waals surface area contributed by atoms with Crippen molar-refractivity contribution >= 4 is 17.6 Å². The van der Waals surface area contributed by atoms with Crippen LogP contribution in [0.3, 0.4) is 0 Å². The molecule has 34 heavy (non-hydrogen) atoms. The van der Waals surface area contributed by atoms with Crippen LogP contribution in [-0.4, -0.2) is 59.7 Å². The van der Waals surface area contributed by atoms with Gasteiger partial charge in [-0.25, -0.2) is 9.78 Å². The first-order chi connectivity index (χ1) is 16.5. The number of urea groups is 1. The van der Waals surface area contributed by atoms with Crippen LogP contribution in [0.4, 0.5) is 10.5 Å². The van der Waals surface area contributed by atoms with E-state index >= 15 is 0 Å². The molecule has 9 nitrogen and oxygen atoms in total. The third-order valence-electron chi connectivity index (χ3n) is 5.82. The summed E-state index contributed by atoms with van der Waals surface area (Å²) in [5.41, 5.74) is 2.88. The van der Waals surface area contributed by atoms with Gasteiger partial charge < -0.3 is 29.6 Å². The van der Waals surface area contributed by atoms with Crippen LogP contribution in [0.5, 0.6) is 11.5 Å². The molecule has 4 rings (SSSR count). The number of nitrogens with zero attached hydrogens (tertiary/aromatic N) is 3. The first-order valence-electron chi connectivity index (χ1n) is 11.2. The second-order valence-corrected chi connectivity index (χ2v) is 8.23. The molecule has 9 heteroatoms. The zero-order valence-corrected chi connectivity index (χ0v) is 19.6. The summed E-state index contributed by atoms with van der Waals surface area (Å²) in [6.07, 6.45) is 5.22. The van der Waals surface area contributed by atoms with Crippen molar-refractivity contribution in [2.24, 2.45) is 0 Å². The molecule has 0 radical (unpaired) electrons. The lowest BCUT2D eigenvalue weighted by Gasteiger charge is -2.33. The number of ether oxygens (including phenoxy) is 2. The number of nitrogens with one attached hydrogen (secondary N) is 2. The molecule has 1 aromatic heterocycles. The molecule has 1 aliphatic rings. The average Bonchev–Trinajstić information content (AvgIpc) is 3.30. The van der Waals surface area contributed by atoms with E-state index in [-0.39, 0.29) is 18.0 Å². The molecule has 0 saturated carbocycles. The third-order valence-corrected chi connectivity index (χ3v) is 5.82. The van der Waals surface area contributed by atoms with Crippen LogP contribution in [0.25, 0.3) is 5.69 Å². The second kappa shape index (κ2) is 10.3. The van der Waals surface area contributed by atoms with E-state index in [0.717, 1.165) is 30.0 Å². The van der Waals surface area contributed by atoms with Crippen LogP contribution in [0, 0.1) is 6.92 Å². The van der Waals surface area contributed by atoms with Crippen LogP contribution in [0.15, 0.2) is 55.0 Å². The van der Waals surface area contributed by atoms with Crippen molar-refractivity contribution in [1.29, 1.82) is 0 Å². The monoisotopic (exact) mass is 463 g/mol. The van der Waals surface area contributed by atoms with Gasteiger partial charge in [0.2, 0.25) is 0 Å². The van der Waals surface area contributed by atoms with Crippen molar-refractivity contribution in [3.8, 4) is 17.2 Å². The zero-order valence-electron chi connectivity index (χ0n) is 19.6. The Balaban J connectivity index is 1.38. The van der Waals surface area contributed by atoms with E-state index < -0.39 is 0 Å². The van der Waals surface area contributed by atoms with Crippen molar-refractivity contribution < 1.29 is 19.1 Å². The SMILES string of the molecule is COc1ccc(NC(=O)N2CCCC(NC(=O)c3ccc(-n4cnc(C)c4)c(OC)c3)C2)cc1. The topological polar surface area (TPSA) is 97.7 Å². The molecule has 178 valence electrons. The number of aromatic nitrogens is 2.